The molecule has 0 atom stereocenters. The van der Waals surface area contributed by atoms with Crippen LogP contribution in [0.1, 0.15) is 12.8 Å². The molecule has 1 fully saturated rings. The maximum Gasteiger partial charge on any atom is 0.120 e. The number of thioether (sulfide) groups is 1. The Hall–Kier alpha value is -0.320. The molecule has 2 rings (SSSR count). The maximum atomic E-state index is 5.75. The van der Waals surface area contributed by atoms with E-state index >= 15 is 0 Å². The Kier molecular flexibility index (Phi) is 3.61. The van der Waals surface area contributed by atoms with E-state index in [4.69, 9.17) is 11.6 Å². The second-order valence-electron chi connectivity index (χ2n) is 3.36. The fraction of sp³-hybridized carbons (Fsp3) is 0.556. The van der Waals surface area contributed by atoms with Crippen molar-refractivity contribution >= 4 is 23.4 Å². The summed E-state index contributed by atoms with van der Waals surface area (Å²) < 4.78 is 0. The summed E-state index contributed by atoms with van der Waals surface area (Å²) >= 11 is 7.64. The van der Waals surface area contributed by atoms with Gasteiger partial charge in [0.1, 0.15) is 5.16 Å². The molecule has 0 bridgehead atoms. The molecule has 5 heteroatoms. The smallest absolute Gasteiger partial charge is 0.120 e. The summed E-state index contributed by atoms with van der Waals surface area (Å²) in [6, 6.07) is 0. The molecule has 0 saturated carbocycles. The molecule has 0 spiro atoms. The zero-order chi connectivity index (χ0) is 9.80. The molecular weight excluding hydrogens is 218 g/mol. The van der Waals surface area contributed by atoms with E-state index < -0.39 is 0 Å². The van der Waals surface area contributed by atoms with Gasteiger partial charge in [0.25, 0.3) is 0 Å². The first-order chi connectivity index (χ1) is 6.84. The summed E-state index contributed by atoms with van der Waals surface area (Å²) in [4.78, 5) is 0. The van der Waals surface area contributed by atoms with Crippen LogP contribution in [-0.4, -0.2) is 18.3 Å². The van der Waals surface area contributed by atoms with Crippen molar-refractivity contribution < 1.29 is 0 Å². The predicted molar refractivity (Wildman–Crippen MR) is 61.8 cm³/mol. The van der Waals surface area contributed by atoms with Crippen molar-refractivity contribution in [3.8, 4) is 0 Å². The summed E-state index contributed by atoms with van der Waals surface area (Å²) in [5.41, 5.74) is 5.96. The minimum atomic E-state index is 0.639. The monoisotopic (exact) mass is 231 g/mol. The van der Waals surface area contributed by atoms with Crippen LogP contribution in [0.25, 0.3) is 0 Å². The second-order valence-corrected chi connectivity index (χ2v) is 5.11. The van der Waals surface area contributed by atoms with Crippen LogP contribution in [0.15, 0.2) is 22.3 Å². The van der Waals surface area contributed by atoms with Crippen molar-refractivity contribution in [3.63, 3.8) is 0 Å². The van der Waals surface area contributed by atoms with Gasteiger partial charge < -0.3 is 5.32 Å². The van der Waals surface area contributed by atoms with E-state index in [0.29, 0.717) is 5.16 Å². The van der Waals surface area contributed by atoms with E-state index in [1.54, 1.807) is 0 Å². The largest absolute Gasteiger partial charge is 0.317 e. The summed E-state index contributed by atoms with van der Waals surface area (Å²) in [6.45, 7) is 2.27. The summed E-state index contributed by atoms with van der Waals surface area (Å²) in [5.74, 6) is 0. The van der Waals surface area contributed by atoms with Crippen LogP contribution in [0.3, 0.4) is 0 Å². The Bertz CT molecular complexity index is 259. The third-order valence-corrected chi connectivity index (χ3v) is 3.78. The molecule has 0 unspecified atom stereocenters. The lowest BCUT2D eigenvalue weighted by Gasteiger charge is -2.24. The fourth-order valence-corrected chi connectivity index (χ4v) is 2.71. The van der Waals surface area contributed by atoms with Crippen LogP contribution in [0, 0.1) is 0 Å². The highest BCUT2D eigenvalue weighted by atomic mass is 35.5. The normalized spacial score (nSPS) is 23.2. The molecule has 0 aromatic carbocycles. The zero-order valence-corrected chi connectivity index (χ0v) is 9.42. The van der Waals surface area contributed by atoms with Crippen LogP contribution in [0.2, 0.25) is 0 Å². The van der Waals surface area contributed by atoms with E-state index in [1.807, 2.05) is 23.9 Å². The van der Waals surface area contributed by atoms with Crippen LogP contribution in [0.4, 0.5) is 0 Å². The highest BCUT2D eigenvalue weighted by Gasteiger charge is 2.15. The maximum absolute atomic E-state index is 5.75. The number of nitrogens with one attached hydrogen (secondary N) is 3. The van der Waals surface area contributed by atoms with Gasteiger partial charge in [-0.3, -0.25) is 10.9 Å². The molecule has 3 N–H and O–H groups in total. The number of hydrazine groups is 1. The zero-order valence-electron chi connectivity index (χ0n) is 7.85. The van der Waals surface area contributed by atoms with Crippen molar-refractivity contribution in [3.05, 3.63) is 22.3 Å². The van der Waals surface area contributed by atoms with Gasteiger partial charge in [-0.25, -0.2) is 0 Å². The molecule has 0 aromatic rings. The second kappa shape index (κ2) is 4.96. The van der Waals surface area contributed by atoms with Gasteiger partial charge in [-0.15, -0.1) is 11.8 Å². The van der Waals surface area contributed by atoms with E-state index in [2.05, 4.69) is 16.2 Å². The lowest BCUT2D eigenvalue weighted by molar-refractivity contribution is 0.531. The molecule has 78 valence electrons. The highest BCUT2D eigenvalue weighted by molar-refractivity contribution is 8.03. The number of piperidine rings is 1. The number of allylic oxidation sites excluding steroid dienone is 2. The molecule has 14 heavy (non-hydrogen) atoms. The molecule has 0 amide bonds. The standard InChI is InChI=1S/C9H14ClN3S/c10-8-1-2-9(13-12-8)14-7-3-5-11-6-4-7/h1-2,7,11-13H,3-6H2. The highest BCUT2D eigenvalue weighted by Crippen LogP contribution is 2.26. The minimum absolute atomic E-state index is 0.639. The molecule has 2 aliphatic heterocycles. The van der Waals surface area contributed by atoms with E-state index in [-0.39, 0.29) is 0 Å². The lowest BCUT2D eigenvalue weighted by Crippen LogP contribution is -2.33. The molecule has 0 aliphatic carbocycles. The van der Waals surface area contributed by atoms with Gasteiger partial charge in [0.05, 0.1) is 5.03 Å². The van der Waals surface area contributed by atoms with Gasteiger partial charge in [0.2, 0.25) is 0 Å². The van der Waals surface area contributed by atoms with Gasteiger partial charge in [0, 0.05) is 5.25 Å². The first-order valence-electron chi connectivity index (χ1n) is 4.81. The Morgan fingerprint density at radius 3 is 2.64 bits per heavy atom. The van der Waals surface area contributed by atoms with Crippen molar-refractivity contribution in [2.75, 3.05) is 13.1 Å². The summed E-state index contributed by atoms with van der Waals surface area (Å²) in [7, 11) is 0. The Morgan fingerprint density at radius 2 is 2.00 bits per heavy atom. The van der Waals surface area contributed by atoms with Gasteiger partial charge in [-0.1, -0.05) is 11.6 Å². The van der Waals surface area contributed by atoms with Crippen LogP contribution in [-0.2, 0) is 0 Å². The fourth-order valence-electron chi connectivity index (χ4n) is 1.52. The van der Waals surface area contributed by atoms with Crippen molar-refractivity contribution in [1.82, 2.24) is 16.2 Å². The van der Waals surface area contributed by atoms with Gasteiger partial charge >= 0.3 is 0 Å². The minimum Gasteiger partial charge on any atom is -0.317 e. The summed E-state index contributed by atoms with van der Waals surface area (Å²) in [5, 5.41) is 5.87. The van der Waals surface area contributed by atoms with E-state index in [0.717, 1.165) is 23.4 Å². The van der Waals surface area contributed by atoms with Crippen LogP contribution < -0.4 is 16.2 Å². The average molecular weight is 232 g/mol. The Labute approximate surface area is 93.3 Å². The molecular formula is C9H14ClN3S. The molecule has 3 nitrogen and oxygen atoms in total. The SMILES string of the molecule is ClC1=CC=C(SC2CCNCC2)NN1. The molecule has 2 aliphatic rings. The van der Waals surface area contributed by atoms with Crippen molar-refractivity contribution in [2.24, 2.45) is 0 Å². The van der Waals surface area contributed by atoms with E-state index in [1.165, 1.54) is 12.8 Å². The number of rotatable bonds is 2. The number of hydrogen-bond donors (Lipinski definition) is 3. The quantitative estimate of drug-likeness (QED) is 0.630. The number of halogens is 1. The van der Waals surface area contributed by atoms with Gasteiger partial charge in [-0.2, -0.15) is 0 Å². The van der Waals surface area contributed by atoms with Crippen LogP contribution >= 0.6 is 23.4 Å². The predicted octanol–water partition coefficient (Wildman–Crippen LogP) is 1.50. The summed E-state index contributed by atoms with van der Waals surface area (Å²) in [6.07, 6.45) is 6.37. The lowest BCUT2D eigenvalue weighted by atomic mass is 10.2. The third-order valence-electron chi connectivity index (χ3n) is 2.27. The van der Waals surface area contributed by atoms with Crippen molar-refractivity contribution in [2.45, 2.75) is 18.1 Å². The Morgan fingerprint density at radius 1 is 1.21 bits per heavy atom. The topological polar surface area (TPSA) is 36.1 Å². The van der Waals surface area contributed by atoms with Crippen LogP contribution in [0.5, 0.6) is 0 Å². The molecule has 2 heterocycles. The number of hydrogen-bond acceptors (Lipinski definition) is 4. The van der Waals surface area contributed by atoms with Crippen molar-refractivity contribution in [1.29, 1.82) is 0 Å². The van der Waals surface area contributed by atoms with Gasteiger partial charge in [0.15, 0.2) is 0 Å². The average Bonchev–Trinajstić information content (AvgIpc) is 2.23. The molecule has 1 saturated heterocycles. The van der Waals surface area contributed by atoms with Gasteiger partial charge in [-0.05, 0) is 38.1 Å². The third kappa shape index (κ3) is 2.83. The van der Waals surface area contributed by atoms with E-state index in [9.17, 15) is 0 Å². The molecule has 0 aromatic heterocycles. The Balaban J connectivity index is 1.84. The molecule has 0 radical (unpaired) electrons. The first-order valence-corrected chi connectivity index (χ1v) is 6.07. The first kappa shape index (κ1) is 10.2.